The van der Waals surface area contributed by atoms with Crippen molar-refractivity contribution in [3.63, 3.8) is 0 Å². The minimum absolute atomic E-state index is 0. The fraction of sp³-hybridized carbons (Fsp3) is 0.333. The third-order valence-electron chi connectivity index (χ3n) is 4.35. The maximum Gasteiger partial charge on any atom is 0.241 e. The number of sulfonamides is 1. The molecule has 0 aliphatic carbocycles. The van der Waals surface area contributed by atoms with Crippen LogP contribution >= 0.6 is 12.4 Å². The van der Waals surface area contributed by atoms with Crippen molar-refractivity contribution in [2.45, 2.75) is 24.3 Å². The van der Waals surface area contributed by atoms with E-state index in [1.54, 1.807) is 12.1 Å². The molecule has 0 aromatic heterocycles. The minimum atomic E-state index is -3.55. The summed E-state index contributed by atoms with van der Waals surface area (Å²) < 4.78 is 28.7. The van der Waals surface area contributed by atoms with Crippen molar-refractivity contribution in [1.82, 2.24) is 10.0 Å². The zero-order chi connectivity index (χ0) is 16.3. The van der Waals surface area contributed by atoms with E-state index < -0.39 is 10.0 Å². The summed E-state index contributed by atoms with van der Waals surface area (Å²) in [4.78, 5) is 0.344. The van der Waals surface area contributed by atoms with Crippen molar-refractivity contribution >= 4 is 22.4 Å². The van der Waals surface area contributed by atoms with E-state index in [1.165, 1.54) is 0 Å². The SMILES string of the molecule is CC1CNCCC1NS(=O)(=O)c1ccccc1-c1ccccc1.Cl. The van der Waals surface area contributed by atoms with Crippen LogP contribution in [0.5, 0.6) is 0 Å². The van der Waals surface area contributed by atoms with Gasteiger partial charge in [-0.15, -0.1) is 12.4 Å². The van der Waals surface area contributed by atoms with Crippen molar-refractivity contribution in [2.24, 2.45) is 5.92 Å². The second-order valence-corrected chi connectivity index (χ2v) is 7.74. The summed E-state index contributed by atoms with van der Waals surface area (Å²) in [6, 6.07) is 16.8. The monoisotopic (exact) mass is 366 g/mol. The first-order valence-electron chi connectivity index (χ1n) is 7.95. The predicted octanol–water partition coefficient (Wildman–Crippen LogP) is 3.05. The molecule has 1 fully saturated rings. The standard InChI is InChI=1S/C18H22N2O2S.ClH/c1-14-13-19-12-11-17(14)20-23(21,22)18-10-6-5-9-16(18)15-7-3-2-4-8-15;/h2-10,14,17,19-20H,11-13H2,1H3;1H. The van der Waals surface area contributed by atoms with Crippen LogP contribution in [0.15, 0.2) is 59.5 Å². The largest absolute Gasteiger partial charge is 0.316 e. The smallest absolute Gasteiger partial charge is 0.241 e. The first-order valence-corrected chi connectivity index (χ1v) is 9.44. The third kappa shape index (κ3) is 4.16. The molecule has 2 N–H and O–H groups in total. The highest BCUT2D eigenvalue weighted by molar-refractivity contribution is 7.89. The van der Waals surface area contributed by atoms with Gasteiger partial charge in [-0.05, 0) is 37.1 Å². The van der Waals surface area contributed by atoms with Crippen molar-refractivity contribution in [1.29, 1.82) is 0 Å². The molecule has 4 nitrogen and oxygen atoms in total. The first kappa shape index (κ1) is 18.9. The van der Waals surface area contributed by atoms with E-state index in [2.05, 4.69) is 17.0 Å². The van der Waals surface area contributed by atoms with Gasteiger partial charge in [-0.25, -0.2) is 13.1 Å². The van der Waals surface area contributed by atoms with Crippen LogP contribution in [0, 0.1) is 5.92 Å². The van der Waals surface area contributed by atoms with E-state index in [9.17, 15) is 8.42 Å². The lowest BCUT2D eigenvalue weighted by Gasteiger charge is -2.30. The highest BCUT2D eigenvalue weighted by Crippen LogP contribution is 2.27. The van der Waals surface area contributed by atoms with Crippen LogP contribution in [0.3, 0.4) is 0 Å². The zero-order valence-corrected chi connectivity index (χ0v) is 15.2. The van der Waals surface area contributed by atoms with Crippen molar-refractivity contribution < 1.29 is 8.42 Å². The number of hydrogen-bond acceptors (Lipinski definition) is 3. The van der Waals surface area contributed by atoms with Gasteiger partial charge < -0.3 is 5.32 Å². The number of hydrogen-bond donors (Lipinski definition) is 2. The van der Waals surface area contributed by atoms with Crippen LogP contribution in [-0.4, -0.2) is 27.5 Å². The van der Waals surface area contributed by atoms with E-state index in [-0.39, 0.29) is 24.4 Å². The Hall–Kier alpha value is -1.40. The third-order valence-corrected chi connectivity index (χ3v) is 5.90. The van der Waals surface area contributed by atoms with E-state index >= 15 is 0 Å². The Balaban J connectivity index is 0.00000208. The molecular formula is C18H23ClN2O2S. The molecule has 1 saturated heterocycles. The summed E-state index contributed by atoms with van der Waals surface area (Å²) in [7, 11) is -3.55. The Morgan fingerprint density at radius 2 is 1.71 bits per heavy atom. The average Bonchev–Trinajstić information content (AvgIpc) is 2.58. The number of rotatable bonds is 4. The van der Waals surface area contributed by atoms with Crippen LogP contribution in [0.2, 0.25) is 0 Å². The van der Waals surface area contributed by atoms with Gasteiger partial charge in [-0.1, -0.05) is 55.5 Å². The second-order valence-electron chi connectivity index (χ2n) is 6.06. The molecular weight excluding hydrogens is 344 g/mol. The first-order chi connectivity index (χ1) is 11.1. The summed E-state index contributed by atoms with van der Waals surface area (Å²) in [6.45, 7) is 3.76. The Bertz CT molecular complexity index is 766. The molecule has 0 amide bonds. The molecule has 130 valence electrons. The molecule has 2 aromatic carbocycles. The van der Waals surface area contributed by atoms with E-state index in [1.807, 2.05) is 42.5 Å². The van der Waals surface area contributed by atoms with Crippen molar-refractivity contribution in [2.75, 3.05) is 13.1 Å². The predicted molar refractivity (Wildman–Crippen MR) is 99.9 cm³/mol. The lowest BCUT2D eigenvalue weighted by molar-refractivity contribution is 0.328. The maximum atomic E-state index is 12.9. The van der Waals surface area contributed by atoms with E-state index in [4.69, 9.17) is 0 Å². The quantitative estimate of drug-likeness (QED) is 0.874. The fourth-order valence-corrected chi connectivity index (χ4v) is 4.62. The maximum absolute atomic E-state index is 12.9. The Labute approximate surface area is 150 Å². The molecule has 0 bridgehead atoms. The van der Waals surface area contributed by atoms with Crippen LogP contribution in [0.4, 0.5) is 0 Å². The van der Waals surface area contributed by atoms with Gasteiger partial charge in [-0.3, -0.25) is 0 Å². The summed E-state index contributed by atoms with van der Waals surface area (Å²) in [5, 5.41) is 3.29. The Morgan fingerprint density at radius 3 is 2.42 bits per heavy atom. The van der Waals surface area contributed by atoms with Gasteiger partial charge in [0.2, 0.25) is 10.0 Å². The lowest BCUT2D eigenvalue weighted by atomic mass is 9.97. The van der Waals surface area contributed by atoms with Gasteiger partial charge in [0, 0.05) is 11.6 Å². The van der Waals surface area contributed by atoms with Crippen LogP contribution in [0.25, 0.3) is 11.1 Å². The van der Waals surface area contributed by atoms with Crippen LogP contribution in [-0.2, 0) is 10.0 Å². The van der Waals surface area contributed by atoms with Crippen molar-refractivity contribution in [3.8, 4) is 11.1 Å². The van der Waals surface area contributed by atoms with Gasteiger partial charge >= 0.3 is 0 Å². The molecule has 2 unspecified atom stereocenters. The van der Waals surface area contributed by atoms with Gasteiger partial charge in [0.15, 0.2) is 0 Å². The lowest BCUT2D eigenvalue weighted by Crippen LogP contribution is -2.48. The second kappa shape index (κ2) is 8.12. The molecule has 3 rings (SSSR count). The summed E-state index contributed by atoms with van der Waals surface area (Å²) >= 11 is 0. The van der Waals surface area contributed by atoms with Gasteiger partial charge in [0.1, 0.15) is 0 Å². The highest BCUT2D eigenvalue weighted by atomic mass is 35.5. The van der Waals surface area contributed by atoms with E-state index in [0.29, 0.717) is 4.90 Å². The molecule has 1 aliphatic rings. The normalized spacial score (nSPS) is 21.0. The Kier molecular flexibility index (Phi) is 6.40. The molecule has 2 atom stereocenters. The molecule has 24 heavy (non-hydrogen) atoms. The average molecular weight is 367 g/mol. The Morgan fingerprint density at radius 1 is 1.04 bits per heavy atom. The summed E-state index contributed by atoms with van der Waals surface area (Å²) in [5.74, 6) is 0.280. The molecule has 6 heteroatoms. The van der Waals surface area contributed by atoms with Gasteiger partial charge in [-0.2, -0.15) is 0 Å². The summed E-state index contributed by atoms with van der Waals surface area (Å²) in [5.41, 5.74) is 1.65. The van der Waals surface area contributed by atoms with E-state index in [0.717, 1.165) is 30.6 Å². The molecule has 1 aliphatic heterocycles. The fourth-order valence-electron chi connectivity index (χ4n) is 3.01. The van der Waals surface area contributed by atoms with Crippen LogP contribution < -0.4 is 10.0 Å². The molecule has 0 radical (unpaired) electrons. The molecule has 0 saturated carbocycles. The number of nitrogens with one attached hydrogen (secondary N) is 2. The number of benzene rings is 2. The molecule has 0 spiro atoms. The molecule has 1 heterocycles. The van der Waals surface area contributed by atoms with Crippen LogP contribution in [0.1, 0.15) is 13.3 Å². The minimum Gasteiger partial charge on any atom is -0.316 e. The summed E-state index contributed by atoms with van der Waals surface area (Å²) in [6.07, 6.45) is 0.813. The zero-order valence-electron chi connectivity index (χ0n) is 13.6. The molecule has 2 aromatic rings. The van der Waals surface area contributed by atoms with Gasteiger partial charge in [0.05, 0.1) is 4.90 Å². The number of halogens is 1. The topological polar surface area (TPSA) is 58.2 Å². The van der Waals surface area contributed by atoms with Crippen molar-refractivity contribution in [3.05, 3.63) is 54.6 Å². The number of piperidine rings is 1. The highest BCUT2D eigenvalue weighted by Gasteiger charge is 2.28. The van der Waals surface area contributed by atoms with Gasteiger partial charge in [0.25, 0.3) is 0 Å².